The van der Waals surface area contributed by atoms with Gasteiger partial charge in [-0.2, -0.15) is 0 Å². The van der Waals surface area contributed by atoms with E-state index < -0.39 is 0 Å². The summed E-state index contributed by atoms with van der Waals surface area (Å²) >= 11 is 0. The standard InChI is InChI=1S/C17H26O3.CH4/c1-3-4-5-6-7-8-15(18)11-9-14-10-12-16(19)17(13-14)20-2;/h10,12-13,19H,3-9,11H2,1-2H3;1H4. The molecule has 0 radical (unpaired) electrons. The van der Waals surface area contributed by atoms with Crippen LogP contribution >= 0.6 is 0 Å². The average Bonchev–Trinajstić information content (AvgIpc) is 2.46. The summed E-state index contributed by atoms with van der Waals surface area (Å²) in [7, 11) is 1.53. The van der Waals surface area contributed by atoms with Gasteiger partial charge in [0.05, 0.1) is 7.11 Å². The van der Waals surface area contributed by atoms with Crippen LogP contribution in [0.5, 0.6) is 11.5 Å². The van der Waals surface area contributed by atoms with Gasteiger partial charge in [-0.1, -0.05) is 46.1 Å². The highest BCUT2D eigenvalue weighted by molar-refractivity contribution is 5.78. The Kier molecular flexibility index (Phi) is 10.4. The Morgan fingerprint density at radius 2 is 1.86 bits per heavy atom. The van der Waals surface area contributed by atoms with Crippen LogP contribution in [-0.2, 0) is 11.2 Å². The third-order valence-corrected chi connectivity index (χ3v) is 3.50. The molecule has 0 saturated heterocycles. The van der Waals surface area contributed by atoms with Gasteiger partial charge >= 0.3 is 0 Å². The highest BCUT2D eigenvalue weighted by Gasteiger charge is 2.06. The minimum atomic E-state index is 0. The Balaban J connectivity index is 0.00000400. The van der Waals surface area contributed by atoms with Crippen LogP contribution in [0.4, 0.5) is 0 Å². The third kappa shape index (κ3) is 7.74. The van der Waals surface area contributed by atoms with Gasteiger partial charge in [0.2, 0.25) is 0 Å². The highest BCUT2D eigenvalue weighted by Crippen LogP contribution is 2.26. The number of carbonyl (C=O) groups is 1. The molecule has 0 fully saturated rings. The fourth-order valence-corrected chi connectivity index (χ4v) is 2.21. The lowest BCUT2D eigenvalue weighted by Gasteiger charge is -2.06. The van der Waals surface area contributed by atoms with Gasteiger partial charge < -0.3 is 9.84 Å². The summed E-state index contributed by atoms with van der Waals surface area (Å²) in [5, 5.41) is 9.51. The Morgan fingerprint density at radius 1 is 1.14 bits per heavy atom. The molecule has 1 aromatic carbocycles. The van der Waals surface area contributed by atoms with E-state index >= 15 is 0 Å². The van der Waals surface area contributed by atoms with Crippen LogP contribution in [0.15, 0.2) is 18.2 Å². The number of hydrogen-bond donors (Lipinski definition) is 1. The van der Waals surface area contributed by atoms with E-state index in [1.807, 2.05) is 6.07 Å². The number of rotatable bonds is 10. The summed E-state index contributed by atoms with van der Waals surface area (Å²) < 4.78 is 5.06. The quantitative estimate of drug-likeness (QED) is 0.624. The lowest BCUT2D eigenvalue weighted by Crippen LogP contribution is -2.00. The molecule has 0 unspecified atom stereocenters. The van der Waals surface area contributed by atoms with E-state index in [9.17, 15) is 9.90 Å². The summed E-state index contributed by atoms with van der Waals surface area (Å²) in [4.78, 5) is 11.8. The summed E-state index contributed by atoms with van der Waals surface area (Å²) in [5.74, 6) is 0.932. The molecule has 0 aliphatic carbocycles. The minimum Gasteiger partial charge on any atom is -0.504 e. The van der Waals surface area contributed by atoms with Crippen molar-refractivity contribution in [3.8, 4) is 11.5 Å². The predicted molar refractivity (Wildman–Crippen MR) is 88.1 cm³/mol. The van der Waals surface area contributed by atoms with E-state index in [1.165, 1.54) is 26.4 Å². The van der Waals surface area contributed by atoms with Gasteiger partial charge in [-0.3, -0.25) is 4.79 Å². The summed E-state index contributed by atoms with van der Waals surface area (Å²) in [6.45, 7) is 2.19. The molecule has 0 aliphatic heterocycles. The van der Waals surface area contributed by atoms with Crippen molar-refractivity contribution in [1.82, 2.24) is 0 Å². The van der Waals surface area contributed by atoms with E-state index in [0.717, 1.165) is 18.4 Å². The van der Waals surface area contributed by atoms with Crippen LogP contribution in [0.25, 0.3) is 0 Å². The van der Waals surface area contributed by atoms with Crippen LogP contribution in [-0.4, -0.2) is 18.0 Å². The normalized spacial score (nSPS) is 10.0. The van der Waals surface area contributed by atoms with Crippen molar-refractivity contribution in [3.05, 3.63) is 23.8 Å². The Hall–Kier alpha value is -1.51. The fraction of sp³-hybridized carbons (Fsp3) is 0.611. The molecule has 0 heterocycles. The second-order valence-electron chi connectivity index (χ2n) is 5.21. The highest BCUT2D eigenvalue weighted by atomic mass is 16.5. The average molecular weight is 294 g/mol. The van der Waals surface area contributed by atoms with Crippen LogP contribution in [0.3, 0.4) is 0 Å². The molecule has 0 amide bonds. The largest absolute Gasteiger partial charge is 0.504 e. The number of aromatic hydroxyl groups is 1. The molecule has 1 N–H and O–H groups in total. The fourth-order valence-electron chi connectivity index (χ4n) is 2.21. The second kappa shape index (κ2) is 11.2. The van der Waals surface area contributed by atoms with Crippen LogP contribution in [0, 0.1) is 0 Å². The van der Waals surface area contributed by atoms with Crippen LogP contribution in [0.1, 0.15) is 64.9 Å². The van der Waals surface area contributed by atoms with E-state index in [2.05, 4.69) is 6.92 Å². The van der Waals surface area contributed by atoms with E-state index in [1.54, 1.807) is 12.1 Å². The lowest BCUT2D eigenvalue weighted by molar-refractivity contribution is -0.119. The van der Waals surface area contributed by atoms with E-state index in [-0.39, 0.29) is 13.2 Å². The third-order valence-electron chi connectivity index (χ3n) is 3.50. The van der Waals surface area contributed by atoms with Crippen molar-refractivity contribution in [3.63, 3.8) is 0 Å². The number of unbranched alkanes of at least 4 members (excludes halogenated alkanes) is 4. The molecule has 0 bridgehead atoms. The minimum absolute atomic E-state index is 0. The first-order chi connectivity index (χ1) is 9.67. The predicted octanol–water partition coefficient (Wildman–Crippen LogP) is 4.90. The molecule has 3 nitrogen and oxygen atoms in total. The number of ketones is 1. The first-order valence-corrected chi connectivity index (χ1v) is 7.55. The number of aryl methyl sites for hydroxylation is 1. The zero-order valence-corrected chi connectivity index (χ0v) is 12.7. The van der Waals surface area contributed by atoms with Gasteiger partial charge in [0, 0.05) is 12.8 Å². The van der Waals surface area contributed by atoms with Gasteiger partial charge in [0.25, 0.3) is 0 Å². The number of ether oxygens (including phenoxy) is 1. The van der Waals surface area contributed by atoms with Crippen molar-refractivity contribution in [2.45, 2.75) is 65.7 Å². The first kappa shape index (κ1) is 19.5. The van der Waals surface area contributed by atoms with Crippen LogP contribution in [0.2, 0.25) is 0 Å². The molecule has 120 valence electrons. The number of hydrogen-bond acceptors (Lipinski definition) is 3. The summed E-state index contributed by atoms with van der Waals surface area (Å²) in [5.41, 5.74) is 1.03. The van der Waals surface area contributed by atoms with Crippen LogP contribution < -0.4 is 4.74 Å². The van der Waals surface area contributed by atoms with Crippen molar-refractivity contribution < 1.29 is 14.6 Å². The molecule has 0 atom stereocenters. The number of carbonyl (C=O) groups excluding carboxylic acids is 1. The maximum absolute atomic E-state index is 11.8. The molecule has 21 heavy (non-hydrogen) atoms. The SMILES string of the molecule is C.CCCCCCCC(=O)CCc1ccc(O)c(OC)c1. The summed E-state index contributed by atoms with van der Waals surface area (Å²) in [6.07, 6.45) is 7.88. The Bertz CT molecular complexity index is 413. The number of methoxy groups -OCH3 is 1. The zero-order valence-electron chi connectivity index (χ0n) is 12.7. The number of benzene rings is 1. The van der Waals surface area contributed by atoms with Gasteiger partial charge in [-0.15, -0.1) is 0 Å². The number of phenols is 1. The second-order valence-corrected chi connectivity index (χ2v) is 5.21. The lowest BCUT2D eigenvalue weighted by atomic mass is 10.0. The van der Waals surface area contributed by atoms with E-state index in [0.29, 0.717) is 30.8 Å². The monoisotopic (exact) mass is 294 g/mol. The summed E-state index contributed by atoms with van der Waals surface area (Å²) in [6, 6.07) is 5.25. The Labute approximate surface area is 129 Å². The molecule has 0 saturated carbocycles. The molecule has 1 rings (SSSR count). The van der Waals surface area contributed by atoms with Crippen molar-refractivity contribution in [2.24, 2.45) is 0 Å². The molecule has 0 aromatic heterocycles. The number of Topliss-reactive ketones (excluding diaryl/α,β-unsaturated/α-hetero) is 1. The maximum Gasteiger partial charge on any atom is 0.160 e. The smallest absolute Gasteiger partial charge is 0.160 e. The molecule has 0 aliphatic rings. The molecule has 3 heteroatoms. The topological polar surface area (TPSA) is 46.5 Å². The molecular weight excluding hydrogens is 264 g/mol. The van der Waals surface area contributed by atoms with Gasteiger partial charge in [0.1, 0.15) is 5.78 Å². The van der Waals surface area contributed by atoms with Gasteiger partial charge in [0.15, 0.2) is 11.5 Å². The van der Waals surface area contributed by atoms with Crippen molar-refractivity contribution in [1.29, 1.82) is 0 Å². The van der Waals surface area contributed by atoms with E-state index in [4.69, 9.17) is 4.74 Å². The molecule has 1 aromatic rings. The first-order valence-electron chi connectivity index (χ1n) is 7.55. The molecular formula is C18H30O3. The maximum atomic E-state index is 11.8. The van der Waals surface area contributed by atoms with Gasteiger partial charge in [-0.25, -0.2) is 0 Å². The number of phenolic OH excluding ortho intramolecular Hbond substituents is 1. The van der Waals surface area contributed by atoms with Crippen molar-refractivity contribution in [2.75, 3.05) is 7.11 Å². The zero-order chi connectivity index (χ0) is 14.8. The Morgan fingerprint density at radius 3 is 2.52 bits per heavy atom. The van der Waals surface area contributed by atoms with Crippen molar-refractivity contribution >= 4 is 5.78 Å². The molecule has 0 spiro atoms. The van der Waals surface area contributed by atoms with Gasteiger partial charge in [-0.05, 0) is 30.5 Å².